The topological polar surface area (TPSA) is 40.5 Å². The number of hydrogen-bond donors (Lipinski definition) is 2. The number of hydrogen-bond acceptors (Lipinski definition) is 2. The Morgan fingerprint density at radius 1 is 0.500 bits per heavy atom. The average Bonchev–Trinajstić information content (AvgIpc) is 2.67. The Morgan fingerprint density at radius 3 is 1.42 bits per heavy atom. The van der Waals surface area contributed by atoms with E-state index in [0.29, 0.717) is 25.0 Å². The zero-order valence-electron chi connectivity index (χ0n) is 18.8. The van der Waals surface area contributed by atoms with Crippen LogP contribution in [0.2, 0.25) is 0 Å². The largest absolute Gasteiger partial charge is 0.396 e. The van der Waals surface area contributed by atoms with Crippen LogP contribution in [0.15, 0.2) is 0 Å². The van der Waals surface area contributed by atoms with Gasteiger partial charge in [-0.1, -0.05) is 111 Å². The Morgan fingerprint density at radius 2 is 0.923 bits per heavy atom. The average molecular weight is 373 g/mol. The van der Waals surface area contributed by atoms with Crippen LogP contribution in [-0.2, 0) is 0 Å². The third-order valence-electron chi connectivity index (χ3n) is 5.30. The summed E-state index contributed by atoms with van der Waals surface area (Å²) < 4.78 is 0. The molecule has 2 nitrogen and oxygen atoms in total. The summed E-state index contributed by atoms with van der Waals surface area (Å²) in [5.74, 6) is 1.09. The molecule has 0 saturated carbocycles. The third kappa shape index (κ3) is 23.9. The molecule has 0 aliphatic rings. The van der Waals surface area contributed by atoms with E-state index in [2.05, 4.69) is 27.7 Å². The van der Waals surface area contributed by atoms with Crippen molar-refractivity contribution < 1.29 is 10.2 Å². The smallest absolute Gasteiger partial charge is 0.0459 e. The van der Waals surface area contributed by atoms with E-state index in [1.165, 1.54) is 103 Å². The maximum Gasteiger partial charge on any atom is 0.0459 e. The molecule has 0 heterocycles. The molecule has 0 aliphatic carbocycles. The first-order chi connectivity index (χ1) is 12.7. The second kappa shape index (κ2) is 24.9. The molecule has 2 unspecified atom stereocenters. The van der Waals surface area contributed by atoms with Crippen molar-refractivity contribution in [1.29, 1.82) is 0 Å². The zero-order chi connectivity index (χ0) is 19.9. The van der Waals surface area contributed by atoms with Crippen molar-refractivity contribution in [3.05, 3.63) is 0 Å². The minimum absolute atomic E-state index is 0.357. The van der Waals surface area contributed by atoms with Crippen LogP contribution in [0.5, 0.6) is 0 Å². The summed E-state index contributed by atoms with van der Waals surface area (Å²) in [6.07, 6.45) is 21.1. The van der Waals surface area contributed by atoms with Gasteiger partial charge in [0.1, 0.15) is 0 Å². The summed E-state index contributed by atoms with van der Waals surface area (Å²) in [5.41, 5.74) is 0. The predicted octanol–water partition coefficient (Wildman–Crippen LogP) is 7.51. The molecule has 0 radical (unpaired) electrons. The summed E-state index contributed by atoms with van der Waals surface area (Å²) in [4.78, 5) is 0. The monoisotopic (exact) mass is 372 g/mol. The van der Waals surface area contributed by atoms with Gasteiger partial charge in [-0.2, -0.15) is 0 Å². The molecule has 160 valence electrons. The Hall–Kier alpha value is -0.0800. The first kappa shape index (κ1) is 28.1. The highest BCUT2D eigenvalue weighted by Crippen LogP contribution is 2.16. The van der Waals surface area contributed by atoms with Gasteiger partial charge in [-0.3, -0.25) is 0 Å². The molecule has 2 atom stereocenters. The van der Waals surface area contributed by atoms with Crippen LogP contribution in [0, 0.1) is 11.8 Å². The van der Waals surface area contributed by atoms with Gasteiger partial charge in [-0.05, 0) is 31.1 Å². The van der Waals surface area contributed by atoms with E-state index in [1.807, 2.05) is 0 Å². The second-order valence-electron chi connectivity index (χ2n) is 8.24. The molecule has 0 amide bonds. The lowest BCUT2D eigenvalue weighted by Crippen LogP contribution is -2.05. The van der Waals surface area contributed by atoms with E-state index in [9.17, 15) is 0 Å². The van der Waals surface area contributed by atoms with E-state index in [-0.39, 0.29) is 0 Å². The molecule has 0 saturated heterocycles. The Bertz CT molecular complexity index is 230. The molecule has 0 aliphatic heterocycles. The molecule has 0 aromatic carbocycles. The fourth-order valence-corrected chi connectivity index (χ4v) is 3.22. The van der Waals surface area contributed by atoms with Crippen molar-refractivity contribution in [2.24, 2.45) is 11.8 Å². The highest BCUT2D eigenvalue weighted by atomic mass is 16.3. The molecule has 0 aromatic rings. The minimum Gasteiger partial charge on any atom is -0.396 e. The van der Waals surface area contributed by atoms with Gasteiger partial charge < -0.3 is 10.2 Å². The van der Waals surface area contributed by atoms with Gasteiger partial charge in [-0.15, -0.1) is 0 Å². The van der Waals surface area contributed by atoms with Crippen molar-refractivity contribution in [1.82, 2.24) is 0 Å². The third-order valence-corrected chi connectivity index (χ3v) is 5.30. The van der Waals surface area contributed by atoms with Crippen LogP contribution in [0.3, 0.4) is 0 Å². The fourth-order valence-electron chi connectivity index (χ4n) is 3.22. The predicted molar refractivity (Wildman–Crippen MR) is 118 cm³/mol. The molecule has 0 aromatic heterocycles. The molecule has 2 N–H and O–H groups in total. The van der Waals surface area contributed by atoms with Gasteiger partial charge in [-0.25, -0.2) is 0 Å². The highest BCUT2D eigenvalue weighted by molar-refractivity contribution is 4.58. The SMILES string of the molecule is CCCCCCC(CO)CCCC.CCCCCCCCCC(C)CO. The van der Waals surface area contributed by atoms with Gasteiger partial charge in [0, 0.05) is 13.2 Å². The second-order valence-corrected chi connectivity index (χ2v) is 8.24. The van der Waals surface area contributed by atoms with Crippen molar-refractivity contribution >= 4 is 0 Å². The molecule has 2 heteroatoms. The van der Waals surface area contributed by atoms with Gasteiger partial charge >= 0.3 is 0 Å². The summed E-state index contributed by atoms with van der Waals surface area (Å²) >= 11 is 0. The van der Waals surface area contributed by atoms with Gasteiger partial charge in [0.25, 0.3) is 0 Å². The van der Waals surface area contributed by atoms with Gasteiger partial charge in [0.2, 0.25) is 0 Å². The molecule has 0 bridgehead atoms. The fraction of sp³-hybridized carbons (Fsp3) is 1.00. The number of aliphatic hydroxyl groups excluding tert-OH is 2. The normalized spacial score (nSPS) is 13.2. The minimum atomic E-state index is 0.357. The maximum atomic E-state index is 9.11. The van der Waals surface area contributed by atoms with E-state index in [4.69, 9.17) is 10.2 Å². The first-order valence-corrected chi connectivity index (χ1v) is 11.9. The molecule has 26 heavy (non-hydrogen) atoms. The summed E-state index contributed by atoms with van der Waals surface area (Å²) in [6.45, 7) is 9.58. The van der Waals surface area contributed by atoms with E-state index in [0.717, 1.165) is 0 Å². The summed E-state index contributed by atoms with van der Waals surface area (Å²) in [5, 5.41) is 17.9. The quantitative estimate of drug-likeness (QED) is 0.244. The molecule has 0 fully saturated rings. The Kier molecular flexibility index (Phi) is 27.0. The highest BCUT2D eigenvalue weighted by Gasteiger charge is 2.05. The van der Waals surface area contributed by atoms with E-state index in [1.54, 1.807) is 0 Å². The summed E-state index contributed by atoms with van der Waals surface area (Å²) in [7, 11) is 0. The van der Waals surface area contributed by atoms with Gasteiger partial charge in [0.15, 0.2) is 0 Å². The number of aliphatic hydroxyl groups is 2. The van der Waals surface area contributed by atoms with Crippen LogP contribution in [0.4, 0.5) is 0 Å². The lowest BCUT2D eigenvalue weighted by Gasteiger charge is -2.12. The van der Waals surface area contributed by atoms with Crippen LogP contribution < -0.4 is 0 Å². The first-order valence-electron chi connectivity index (χ1n) is 11.9. The molecule has 0 spiro atoms. The lowest BCUT2D eigenvalue weighted by atomic mass is 9.96. The standard InChI is InChI=1S/2C12H26O/c1-3-4-5-6-7-8-9-10-12(2)11-13;1-3-5-7-8-10-12(11-13)9-6-4-2/h2*12-13H,3-11H2,1-2H3. The van der Waals surface area contributed by atoms with Crippen molar-refractivity contribution in [3.63, 3.8) is 0 Å². The zero-order valence-corrected chi connectivity index (χ0v) is 18.8. The number of rotatable bonds is 18. The molecule has 0 rings (SSSR count). The Labute approximate surface area is 166 Å². The summed E-state index contributed by atoms with van der Waals surface area (Å²) in [6, 6.07) is 0. The number of unbranched alkanes of at least 4 members (excludes halogenated alkanes) is 10. The van der Waals surface area contributed by atoms with Crippen molar-refractivity contribution in [2.75, 3.05) is 13.2 Å². The van der Waals surface area contributed by atoms with Crippen LogP contribution in [-0.4, -0.2) is 23.4 Å². The van der Waals surface area contributed by atoms with Crippen LogP contribution in [0.25, 0.3) is 0 Å². The molecular formula is C24H52O2. The van der Waals surface area contributed by atoms with Crippen molar-refractivity contribution in [2.45, 2.75) is 130 Å². The lowest BCUT2D eigenvalue weighted by molar-refractivity contribution is 0.205. The van der Waals surface area contributed by atoms with Gasteiger partial charge in [0.05, 0.1) is 0 Å². The van der Waals surface area contributed by atoms with E-state index >= 15 is 0 Å². The Balaban J connectivity index is 0. The van der Waals surface area contributed by atoms with Crippen LogP contribution in [0.1, 0.15) is 130 Å². The van der Waals surface area contributed by atoms with E-state index < -0.39 is 0 Å². The van der Waals surface area contributed by atoms with Crippen molar-refractivity contribution in [3.8, 4) is 0 Å². The molecular weight excluding hydrogens is 320 g/mol. The maximum absolute atomic E-state index is 9.11. The van der Waals surface area contributed by atoms with Crippen LogP contribution >= 0.6 is 0 Å².